The van der Waals surface area contributed by atoms with Gasteiger partial charge in [-0.25, -0.2) is 8.78 Å². The number of H-pyrrole nitrogens is 1. The summed E-state index contributed by atoms with van der Waals surface area (Å²) in [6.07, 6.45) is 7.78. The molecular weight excluding hydrogens is 358 g/mol. The monoisotopic (exact) mass is 382 g/mol. The van der Waals surface area contributed by atoms with E-state index in [2.05, 4.69) is 17.2 Å². The van der Waals surface area contributed by atoms with Crippen LogP contribution in [0.5, 0.6) is 0 Å². The molecule has 0 atom stereocenters. The number of benzene rings is 2. The normalized spacial score (nSPS) is 19.7. The Labute approximate surface area is 163 Å². The molecular formula is C23H24F2N2O. The average molecular weight is 382 g/mol. The first-order chi connectivity index (χ1) is 13.5. The topological polar surface area (TPSA) is 44.9 Å². The van der Waals surface area contributed by atoms with Crippen LogP contribution in [-0.2, 0) is 0 Å². The maximum Gasteiger partial charge on any atom is 0.255 e. The number of amides is 1. The molecule has 0 spiro atoms. The fraction of sp³-hybridized carbons (Fsp3) is 0.348. The first kappa shape index (κ1) is 18.7. The SMILES string of the molecule is CCC1CCC(c2ccc(C(=O)Nc3c[nH]c4cc(F)c(F)cc34)cc2)CC1. The van der Waals surface area contributed by atoms with Crippen LogP contribution >= 0.6 is 0 Å². The van der Waals surface area contributed by atoms with E-state index < -0.39 is 11.6 Å². The van der Waals surface area contributed by atoms with Crippen molar-refractivity contribution in [2.45, 2.75) is 44.9 Å². The van der Waals surface area contributed by atoms with Gasteiger partial charge in [0.2, 0.25) is 0 Å². The Morgan fingerprint density at radius 2 is 1.75 bits per heavy atom. The smallest absolute Gasteiger partial charge is 0.255 e. The summed E-state index contributed by atoms with van der Waals surface area (Å²) < 4.78 is 26.9. The van der Waals surface area contributed by atoms with Crippen molar-refractivity contribution >= 4 is 22.5 Å². The number of rotatable bonds is 4. The van der Waals surface area contributed by atoms with Gasteiger partial charge in [0.1, 0.15) is 0 Å². The first-order valence-electron chi connectivity index (χ1n) is 9.92. The van der Waals surface area contributed by atoms with Crippen LogP contribution in [0.1, 0.15) is 60.9 Å². The standard InChI is InChI=1S/C23H24F2N2O/c1-2-14-3-5-15(6-4-14)16-7-9-17(10-8-16)23(28)27-22-13-26-21-12-20(25)19(24)11-18(21)22/h7-15,26H,2-6H2,1H3,(H,27,28). The molecule has 3 aromatic rings. The Hall–Kier alpha value is -2.69. The third kappa shape index (κ3) is 3.66. The third-order valence-corrected chi connectivity index (χ3v) is 6.04. The lowest BCUT2D eigenvalue weighted by atomic mass is 9.78. The summed E-state index contributed by atoms with van der Waals surface area (Å²) in [4.78, 5) is 15.4. The quantitative estimate of drug-likeness (QED) is 0.540. The summed E-state index contributed by atoms with van der Waals surface area (Å²) >= 11 is 0. The number of fused-ring (bicyclic) bond motifs is 1. The predicted molar refractivity (Wildman–Crippen MR) is 108 cm³/mol. The van der Waals surface area contributed by atoms with Gasteiger partial charge >= 0.3 is 0 Å². The second kappa shape index (κ2) is 7.74. The Kier molecular flexibility index (Phi) is 5.16. The van der Waals surface area contributed by atoms with E-state index in [1.54, 1.807) is 6.20 Å². The molecule has 2 aromatic carbocycles. The summed E-state index contributed by atoms with van der Waals surface area (Å²) in [6, 6.07) is 9.93. The molecule has 1 saturated carbocycles. The van der Waals surface area contributed by atoms with Gasteiger partial charge in [-0.15, -0.1) is 0 Å². The van der Waals surface area contributed by atoms with E-state index in [1.165, 1.54) is 37.7 Å². The van der Waals surface area contributed by atoms with Gasteiger partial charge in [0.25, 0.3) is 5.91 Å². The number of hydrogen-bond acceptors (Lipinski definition) is 1. The second-order valence-electron chi connectivity index (χ2n) is 7.72. The maximum atomic E-state index is 13.5. The Balaban J connectivity index is 1.46. The molecule has 5 heteroatoms. The van der Waals surface area contributed by atoms with Gasteiger partial charge in [0.15, 0.2) is 11.6 Å². The van der Waals surface area contributed by atoms with Crippen LogP contribution in [0, 0.1) is 17.6 Å². The molecule has 0 bridgehead atoms. The molecule has 1 fully saturated rings. The minimum absolute atomic E-state index is 0.271. The highest BCUT2D eigenvalue weighted by molar-refractivity contribution is 6.09. The van der Waals surface area contributed by atoms with Crippen molar-refractivity contribution in [1.82, 2.24) is 4.98 Å². The zero-order valence-corrected chi connectivity index (χ0v) is 15.9. The molecule has 1 amide bonds. The van der Waals surface area contributed by atoms with Crippen LogP contribution in [-0.4, -0.2) is 10.9 Å². The number of carbonyl (C=O) groups is 1. The maximum absolute atomic E-state index is 13.5. The number of aromatic nitrogens is 1. The molecule has 1 aliphatic carbocycles. The van der Waals surface area contributed by atoms with Crippen LogP contribution < -0.4 is 5.32 Å². The number of hydrogen-bond donors (Lipinski definition) is 2. The van der Waals surface area contributed by atoms with Gasteiger partial charge in [-0.2, -0.15) is 0 Å². The van der Waals surface area contributed by atoms with Gasteiger partial charge in [-0.3, -0.25) is 4.79 Å². The summed E-state index contributed by atoms with van der Waals surface area (Å²) in [5.41, 5.74) is 2.70. The molecule has 3 nitrogen and oxygen atoms in total. The number of anilines is 1. The lowest BCUT2D eigenvalue weighted by molar-refractivity contribution is 0.102. The third-order valence-electron chi connectivity index (χ3n) is 6.04. The minimum Gasteiger partial charge on any atom is -0.359 e. The van der Waals surface area contributed by atoms with E-state index in [0.29, 0.717) is 28.1 Å². The molecule has 28 heavy (non-hydrogen) atoms. The van der Waals surface area contributed by atoms with Gasteiger partial charge in [-0.1, -0.05) is 25.5 Å². The van der Waals surface area contributed by atoms with E-state index in [9.17, 15) is 13.6 Å². The van der Waals surface area contributed by atoms with Crippen LogP contribution in [0.3, 0.4) is 0 Å². The molecule has 0 aliphatic heterocycles. The summed E-state index contributed by atoms with van der Waals surface area (Å²) in [6.45, 7) is 2.26. The average Bonchev–Trinajstić information content (AvgIpc) is 3.10. The Bertz CT molecular complexity index is 986. The largest absolute Gasteiger partial charge is 0.359 e. The lowest BCUT2D eigenvalue weighted by Crippen LogP contribution is -2.14. The van der Waals surface area contributed by atoms with E-state index in [-0.39, 0.29) is 5.91 Å². The van der Waals surface area contributed by atoms with E-state index in [1.807, 2.05) is 24.3 Å². The van der Waals surface area contributed by atoms with Gasteiger partial charge in [0.05, 0.1) is 11.2 Å². The summed E-state index contributed by atoms with van der Waals surface area (Å²) in [7, 11) is 0. The van der Waals surface area contributed by atoms with Crippen LogP contribution in [0.25, 0.3) is 10.9 Å². The van der Waals surface area contributed by atoms with Crippen molar-refractivity contribution in [2.75, 3.05) is 5.32 Å². The zero-order chi connectivity index (χ0) is 19.7. The lowest BCUT2D eigenvalue weighted by Gasteiger charge is -2.28. The van der Waals surface area contributed by atoms with Crippen molar-refractivity contribution in [1.29, 1.82) is 0 Å². The minimum atomic E-state index is -0.940. The number of aromatic amines is 1. The molecule has 146 valence electrons. The molecule has 1 aromatic heterocycles. The predicted octanol–water partition coefficient (Wildman–Crippen LogP) is 6.38. The van der Waals surface area contributed by atoms with Crippen molar-refractivity contribution in [3.8, 4) is 0 Å². The van der Waals surface area contributed by atoms with Crippen molar-refractivity contribution < 1.29 is 13.6 Å². The molecule has 1 heterocycles. The fourth-order valence-corrected chi connectivity index (χ4v) is 4.23. The van der Waals surface area contributed by atoms with E-state index >= 15 is 0 Å². The zero-order valence-electron chi connectivity index (χ0n) is 15.9. The van der Waals surface area contributed by atoms with Crippen molar-refractivity contribution in [2.24, 2.45) is 5.92 Å². The van der Waals surface area contributed by atoms with Crippen molar-refractivity contribution in [3.63, 3.8) is 0 Å². The molecule has 1 aliphatic rings. The Morgan fingerprint density at radius 1 is 1.07 bits per heavy atom. The molecule has 4 rings (SSSR count). The number of nitrogens with one attached hydrogen (secondary N) is 2. The highest BCUT2D eigenvalue weighted by atomic mass is 19.2. The molecule has 2 N–H and O–H groups in total. The van der Waals surface area contributed by atoms with E-state index in [4.69, 9.17) is 0 Å². The van der Waals surface area contributed by atoms with Crippen LogP contribution in [0.2, 0.25) is 0 Å². The first-order valence-corrected chi connectivity index (χ1v) is 9.92. The molecule has 0 radical (unpaired) electrons. The highest BCUT2D eigenvalue weighted by Gasteiger charge is 2.21. The van der Waals surface area contributed by atoms with Crippen molar-refractivity contribution in [3.05, 3.63) is 65.4 Å². The van der Waals surface area contributed by atoms with Gasteiger partial charge in [0, 0.05) is 23.2 Å². The van der Waals surface area contributed by atoms with Crippen LogP contribution in [0.4, 0.5) is 14.5 Å². The van der Waals surface area contributed by atoms with Crippen LogP contribution in [0.15, 0.2) is 42.6 Å². The van der Waals surface area contributed by atoms with Gasteiger partial charge in [-0.05, 0) is 61.3 Å². The fourth-order valence-electron chi connectivity index (χ4n) is 4.23. The highest BCUT2D eigenvalue weighted by Crippen LogP contribution is 2.37. The summed E-state index contributed by atoms with van der Waals surface area (Å²) in [5, 5.41) is 3.22. The molecule has 0 unspecified atom stereocenters. The summed E-state index contributed by atoms with van der Waals surface area (Å²) in [5.74, 6) is -0.699. The number of carbonyl (C=O) groups excluding carboxylic acids is 1. The Morgan fingerprint density at radius 3 is 2.43 bits per heavy atom. The second-order valence-corrected chi connectivity index (χ2v) is 7.72. The van der Waals surface area contributed by atoms with E-state index in [0.717, 1.165) is 18.1 Å². The van der Waals surface area contributed by atoms with Gasteiger partial charge < -0.3 is 10.3 Å². The number of halogens is 2. The molecule has 0 saturated heterocycles.